The van der Waals surface area contributed by atoms with Crippen LogP contribution in [0, 0.1) is 6.92 Å². The van der Waals surface area contributed by atoms with E-state index >= 15 is 0 Å². The number of unbranched alkanes of at least 4 members (excludes halogenated alkanes) is 1. The van der Waals surface area contributed by atoms with Crippen molar-refractivity contribution in [3.05, 3.63) is 29.8 Å². The number of hydrogen-bond acceptors (Lipinski definition) is 8. The molecule has 1 fully saturated rings. The number of carbonyl (C=O) groups is 3. The number of esters is 2. The lowest BCUT2D eigenvalue weighted by molar-refractivity contribution is -0.162. The molecule has 0 aromatic heterocycles. The van der Waals surface area contributed by atoms with Crippen molar-refractivity contribution in [2.24, 2.45) is 0 Å². The molecule has 1 aromatic carbocycles. The number of nitrogens with one attached hydrogen (secondary N) is 3. The summed E-state index contributed by atoms with van der Waals surface area (Å²) in [6.07, 6.45) is 1.74. The highest BCUT2D eigenvalue weighted by molar-refractivity contribution is 7.89. The Bertz CT molecular complexity index is 950. The lowest BCUT2D eigenvalue weighted by Crippen LogP contribution is -2.44. The first-order valence-electron chi connectivity index (χ1n) is 11.4. The Labute approximate surface area is 201 Å². The number of rotatable bonds is 10. The summed E-state index contributed by atoms with van der Waals surface area (Å²) < 4.78 is 38.2. The van der Waals surface area contributed by atoms with Crippen molar-refractivity contribution in [2.75, 3.05) is 13.1 Å². The fourth-order valence-corrected chi connectivity index (χ4v) is 4.52. The quantitative estimate of drug-likeness (QED) is 0.254. The molecule has 1 aliphatic rings. The highest BCUT2D eigenvalue weighted by Crippen LogP contribution is 2.14. The van der Waals surface area contributed by atoms with E-state index in [9.17, 15) is 22.8 Å². The van der Waals surface area contributed by atoms with Gasteiger partial charge in [-0.3, -0.25) is 0 Å². The number of alkyl carbamates (subject to hydrolysis) is 1. The van der Waals surface area contributed by atoms with E-state index in [0.717, 1.165) is 12.0 Å². The fourth-order valence-electron chi connectivity index (χ4n) is 3.30. The van der Waals surface area contributed by atoms with Gasteiger partial charge in [-0.15, -0.1) is 0 Å². The molecule has 11 heteroatoms. The van der Waals surface area contributed by atoms with Crippen LogP contribution in [0.15, 0.2) is 29.2 Å². The van der Waals surface area contributed by atoms with Gasteiger partial charge < -0.3 is 20.1 Å². The first-order valence-corrected chi connectivity index (χ1v) is 12.9. The van der Waals surface area contributed by atoms with Crippen LogP contribution in [-0.4, -0.2) is 57.2 Å². The molecule has 1 aliphatic heterocycles. The van der Waals surface area contributed by atoms with Gasteiger partial charge in [0.05, 0.1) is 4.90 Å². The fraction of sp³-hybridized carbons (Fsp3) is 0.609. The smallest absolute Gasteiger partial charge is 0.407 e. The number of carbonyl (C=O) groups excluding carboxylic acids is 3. The second-order valence-electron chi connectivity index (χ2n) is 9.30. The summed E-state index contributed by atoms with van der Waals surface area (Å²) in [6, 6.07) is 4.37. The minimum atomic E-state index is -4.02. The Hall–Kier alpha value is -2.50. The van der Waals surface area contributed by atoms with Crippen LogP contribution in [0.3, 0.4) is 0 Å². The average Bonchev–Trinajstić information content (AvgIpc) is 3.26. The van der Waals surface area contributed by atoms with Gasteiger partial charge in [0.1, 0.15) is 17.7 Å². The molecule has 1 amide bonds. The Morgan fingerprint density at radius 2 is 1.82 bits per heavy atom. The zero-order valence-corrected chi connectivity index (χ0v) is 21.0. The SMILES string of the molecule is Cc1ccc(S(=O)(=O)N[C@@H](CCCCNC(=O)OC(C)(C)C)C(=O)OC(=O)[C@@H]2CCCN2)cc1. The molecule has 0 radical (unpaired) electrons. The summed E-state index contributed by atoms with van der Waals surface area (Å²) in [5.74, 6) is -1.66. The molecule has 190 valence electrons. The molecule has 2 rings (SSSR count). The Morgan fingerprint density at radius 3 is 2.41 bits per heavy atom. The van der Waals surface area contributed by atoms with Crippen LogP contribution < -0.4 is 15.4 Å². The van der Waals surface area contributed by atoms with Gasteiger partial charge in [-0.2, -0.15) is 4.72 Å². The molecule has 0 bridgehead atoms. The summed E-state index contributed by atoms with van der Waals surface area (Å²) in [6.45, 7) is 8.04. The van der Waals surface area contributed by atoms with Gasteiger partial charge in [-0.05, 0) is 78.5 Å². The van der Waals surface area contributed by atoms with Crippen molar-refractivity contribution in [1.29, 1.82) is 0 Å². The molecule has 34 heavy (non-hydrogen) atoms. The lowest BCUT2D eigenvalue weighted by atomic mass is 10.1. The molecule has 0 saturated carbocycles. The van der Waals surface area contributed by atoms with E-state index < -0.39 is 45.7 Å². The van der Waals surface area contributed by atoms with Gasteiger partial charge in [0.15, 0.2) is 0 Å². The maximum absolute atomic E-state index is 12.8. The number of amides is 1. The van der Waals surface area contributed by atoms with Crippen LogP contribution in [0.4, 0.5) is 4.79 Å². The minimum Gasteiger partial charge on any atom is -0.444 e. The molecule has 10 nitrogen and oxygen atoms in total. The van der Waals surface area contributed by atoms with Crippen LogP contribution in [0.2, 0.25) is 0 Å². The summed E-state index contributed by atoms with van der Waals surface area (Å²) in [4.78, 5) is 36.7. The van der Waals surface area contributed by atoms with Gasteiger partial charge >= 0.3 is 18.0 Å². The van der Waals surface area contributed by atoms with E-state index in [0.29, 0.717) is 25.8 Å². The maximum atomic E-state index is 12.8. The third-order valence-corrected chi connectivity index (χ3v) is 6.53. The highest BCUT2D eigenvalue weighted by Gasteiger charge is 2.31. The average molecular weight is 498 g/mol. The summed E-state index contributed by atoms with van der Waals surface area (Å²) in [5, 5.41) is 5.56. The Morgan fingerprint density at radius 1 is 1.15 bits per heavy atom. The van der Waals surface area contributed by atoms with Gasteiger partial charge in [-0.1, -0.05) is 17.7 Å². The number of sulfonamides is 1. The maximum Gasteiger partial charge on any atom is 0.407 e. The Balaban J connectivity index is 1.98. The van der Waals surface area contributed by atoms with Gasteiger partial charge in [0.25, 0.3) is 0 Å². The molecule has 3 N–H and O–H groups in total. The second kappa shape index (κ2) is 12.3. The van der Waals surface area contributed by atoms with E-state index in [1.165, 1.54) is 12.1 Å². The molecular weight excluding hydrogens is 462 g/mol. The molecule has 1 heterocycles. The van der Waals surface area contributed by atoms with E-state index in [2.05, 4.69) is 15.4 Å². The van der Waals surface area contributed by atoms with Crippen molar-refractivity contribution in [2.45, 2.75) is 82.4 Å². The molecule has 0 aliphatic carbocycles. The standard InChI is InChI=1S/C23H35N3O7S/c1-16-10-12-17(13-11-16)34(30,31)26-19(21(28)32-20(27)18-9-7-15-24-18)8-5-6-14-25-22(29)33-23(2,3)4/h10-13,18-19,24,26H,5-9,14-15H2,1-4H3,(H,25,29)/t18-,19-/m0/s1. The summed E-state index contributed by atoms with van der Waals surface area (Å²) in [5.41, 5.74) is 0.274. The minimum absolute atomic E-state index is 0.00581. The van der Waals surface area contributed by atoms with Crippen LogP contribution in [0.25, 0.3) is 0 Å². The summed E-state index contributed by atoms with van der Waals surface area (Å²) in [7, 11) is -4.02. The van der Waals surface area contributed by atoms with Crippen LogP contribution in [0.5, 0.6) is 0 Å². The van der Waals surface area contributed by atoms with Crippen molar-refractivity contribution in [3.63, 3.8) is 0 Å². The van der Waals surface area contributed by atoms with Crippen LogP contribution >= 0.6 is 0 Å². The predicted molar refractivity (Wildman–Crippen MR) is 125 cm³/mol. The van der Waals surface area contributed by atoms with Crippen molar-refractivity contribution in [3.8, 4) is 0 Å². The third-order valence-electron chi connectivity index (χ3n) is 5.05. The third kappa shape index (κ3) is 9.40. The number of ether oxygens (including phenoxy) is 2. The normalized spacial score (nSPS) is 17.1. The number of aryl methyl sites for hydroxylation is 1. The van der Waals surface area contributed by atoms with E-state index in [-0.39, 0.29) is 17.9 Å². The monoisotopic (exact) mass is 497 g/mol. The van der Waals surface area contributed by atoms with Crippen LogP contribution in [-0.2, 0) is 29.1 Å². The van der Waals surface area contributed by atoms with Gasteiger partial charge in [0, 0.05) is 6.54 Å². The zero-order valence-electron chi connectivity index (χ0n) is 20.2. The molecule has 1 saturated heterocycles. The van der Waals surface area contributed by atoms with Crippen LogP contribution in [0.1, 0.15) is 58.4 Å². The van der Waals surface area contributed by atoms with Crippen molar-refractivity contribution in [1.82, 2.24) is 15.4 Å². The summed E-state index contributed by atoms with van der Waals surface area (Å²) >= 11 is 0. The molecule has 0 unspecified atom stereocenters. The van der Waals surface area contributed by atoms with E-state index in [1.54, 1.807) is 32.9 Å². The van der Waals surface area contributed by atoms with Crippen molar-refractivity contribution >= 4 is 28.1 Å². The molecule has 1 aromatic rings. The second-order valence-corrected chi connectivity index (χ2v) is 11.0. The topological polar surface area (TPSA) is 140 Å². The number of hydrogen-bond donors (Lipinski definition) is 3. The van der Waals surface area contributed by atoms with Crippen molar-refractivity contribution < 1.29 is 32.3 Å². The first kappa shape index (κ1) is 27.7. The first-order chi connectivity index (χ1) is 15.9. The predicted octanol–water partition coefficient (Wildman–Crippen LogP) is 2.16. The van der Waals surface area contributed by atoms with Gasteiger partial charge in [0.2, 0.25) is 10.0 Å². The largest absolute Gasteiger partial charge is 0.444 e. The zero-order chi connectivity index (χ0) is 25.4. The van der Waals surface area contributed by atoms with Gasteiger partial charge in [-0.25, -0.2) is 22.8 Å². The van der Waals surface area contributed by atoms with E-state index in [1.807, 2.05) is 6.92 Å². The van der Waals surface area contributed by atoms with E-state index in [4.69, 9.17) is 9.47 Å². The number of benzene rings is 1. The Kier molecular flexibility index (Phi) is 10.0. The molecule has 0 spiro atoms. The lowest BCUT2D eigenvalue weighted by Gasteiger charge is -2.20. The molecular formula is C23H35N3O7S. The molecule has 2 atom stereocenters. The highest BCUT2D eigenvalue weighted by atomic mass is 32.2.